The SMILES string of the molecule is CCCN(C[C@]1(O)CC[C@H]2[C@]34C=C[C@@]5(C=C3C(=O)c3ccc(C)s3)CC(O)CC[C@]5(C)[C@H]4CC[C@@]21C)C(=O)O[C@H]1C[C@@H](C)CC[C@@H]1C(C)C. The molecule has 0 aromatic carbocycles. The molecule has 7 aliphatic rings. The predicted octanol–water partition coefficient (Wildman–Crippen LogP) is 9.14. The molecule has 11 atom stereocenters. The minimum absolute atomic E-state index is 0.0576. The highest BCUT2D eigenvalue weighted by Crippen LogP contribution is 2.78. The maximum Gasteiger partial charge on any atom is 0.410 e. The van der Waals surface area contributed by atoms with Crippen LogP contribution in [0.4, 0.5) is 4.79 Å². The zero-order valence-corrected chi connectivity index (χ0v) is 31.9. The van der Waals surface area contributed by atoms with E-state index in [1.165, 1.54) is 6.42 Å². The number of aryl methyl sites for hydroxylation is 1. The van der Waals surface area contributed by atoms with Crippen LogP contribution in [0.5, 0.6) is 0 Å². The fourth-order valence-corrected chi connectivity index (χ4v) is 13.4. The standard InChI is InChI=1S/C42H61NO5S/c1-8-21-43(37(46)48-32-22-27(4)9-11-30(32)26(2)3)25-41(47)18-15-35-39(41,7)17-14-34-38(6)16-13-29(44)23-40(38)19-20-42(34,35)31(24-40)36(45)33-12-10-28(5)49-33/h10,12,19-20,24,26-27,29-30,32,34-35,44,47H,8-9,11,13-18,21-23,25H2,1-7H3/t27-,29?,30+,32-,34+,35+,38+,39-,40-,41+,42+/m0/s1. The lowest BCUT2D eigenvalue weighted by Gasteiger charge is -2.71. The number of carbonyl (C=O) groups excluding carboxylic acids is 2. The summed E-state index contributed by atoms with van der Waals surface area (Å²) in [7, 11) is 0. The molecule has 2 N–H and O–H groups in total. The van der Waals surface area contributed by atoms with Crippen LogP contribution in [-0.2, 0) is 4.74 Å². The Morgan fingerprint density at radius 1 is 1.02 bits per heavy atom. The molecule has 1 aromatic heterocycles. The summed E-state index contributed by atoms with van der Waals surface area (Å²) >= 11 is 1.57. The van der Waals surface area contributed by atoms with Gasteiger partial charge in [-0.2, -0.15) is 0 Å². The predicted molar refractivity (Wildman–Crippen MR) is 195 cm³/mol. The Balaban J connectivity index is 1.23. The molecule has 7 heteroatoms. The number of amides is 1. The van der Waals surface area contributed by atoms with E-state index in [2.05, 4.69) is 66.7 Å². The van der Waals surface area contributed by atoms with Gasteiger partial charge in [0.15, 0.2) is 5.78 Å². The first-order chi connectivity index (χ1) is 23.1. The molecule has 1 amide bonds. The van der Waals surface area contributed by atoms with Gasteiger partial charge in [-0.25, -0.2) is 4.79 Å². The number of fused-ring (bicyclic) bond motifs is 1. The zero-order valence-electron chi connectivity index (χ0n) is 31.1. The molecule has 0 radical (unpaired) electrons. The van der Waals surface area contributed by atoms with Gasteiger partial charge in [-0.1, -0.05) is 66.2 Å². The van der Waals surface area contributed by atoms with Crippen molar-refractivity contribution < 1.29 is 24.5 Å². The van der Waals surface area contributed by atoms with E-state index in [0.29, 0.717) is 37.1 Å². The van der Waals surface area contributed by atoms with Crippen molar-refractivity contribution in [2.45, 2.75) is 137 Å². The normalized spacial score (nSPS) is 43.8. The van der Waals surface area contributed by atoms with E-state index >= 15 is 0 Å². The first-order valence-electron chi connectivity index (χ1n) is 19.5. The number of rotatable bonds is 8. The van der Waals surface area contributed by atoms with Crippen molar-refractivity contribution in [2.24, 2.45) is 51.2 Å². The summed E-state index contributed by atoms with van der Waals surface area (Å²) in [6, 6.07) is 4.01. The van der Waals surface area contributed by atoms with Gasteiger partial charge in [-0.05, 0) is 118 Å². The molecule has 6 nitrogen and oxygen atoms in total. The molecule has 8 rings (SSSR count). The quantitative estimate of drug-likeness (QED) is 0.210. The van der Waals surface area contributed by atoms with Crippen molar-refractivity contribution in [1.82, 2.24) is 4.90 Å². The minimum Gasteiger partial charge on any atom is -0.446 e. The summed E-state index contributed by atoms with van der Waals surface area (Å²) < 4.78 is 6.38. The molecular formula is C42H61NO5S. The summed E-state index contributed by atoms with van der Waals surface area (Å²) in [6.45, 7) is 16.4. The second-order valence-electron chi connectivity index (χ2n) is 18.2. The molecule has 2 bridgehead atoms. The second kappa shape index (κ2) is 12.3. The van der Waals surface area contributed by atoms with Crippen LogP contribution in [0.1, 0.15) is 127 Å². The number of ether oxygens (including phenoxy) is 1. The first kappa shape index (κ1) is 35.4. The Kier molecular flexibility index (Phi) is 8.92. The van der Waals surface area contributed by atoms with Crippen LogP contribution < -0.4 is 0 Å². The molecule has 2 spiro atoms. The number of aliphatic hydroxyl groups excluding tert-OH is 1. The monoisotopic (exact) mass is 691 g/mol. The summed E-state index contributed by atoms with van der Waals surface area (Å²) in [5, 5.41) is 23.9. The third kappa shape index (κ3) is 5.20. The van der Waals surface area contributed by atoms with Gasteiger partial charge >= 0.3 is 6.09 Å². The number of hydrogen-bond acceptors (Lipinski definition) is 6. The van der Waals surface area contributed by atoms with Crippen LogP contribution in [0.2, 0.25) is 0 Å². The summed E-state index contributed by atoms with van der Waals surface area (Å²) in [5.74, 6) is 1.78. The fourth-order valence-electron chi connectivity index (χ4n) is 12.6. The smallest absolute Gasteiger partial charge is 0.410 e. The lowest BCUT2D eigenvalue weighted by Crippen LogP contribution is -2.67. The van der Waals surface area contributed by atoms with E-state index in [4.69, 9.17) is 4.74 Å². The summed E-state index contributed by atoms with van der Waals surface area (Å²) in [4.78, 5) is 32.5. The minimum atomic E-state index is -1.10. The van der Waals surface area contributed by atoms with Gasteiger partial charge in [0.05, 0.1) is 23.1 Å². The molecule has 1 heterocycles. The zero-order chi connectivity index (χ0) is 35.1. The molecule has 1 aromatic rings. The van der Waals surface area contributed by atoms with Crippen molar-refractivity contribution in [3.63, 3.8) is 0 Å². The Morgan fingerprint density at radius 3 is 2.43 bits per heavy atom. The highest BCUT2D eigenvalue weighted by Gasteiger charge is 2.74. The number of aliphatic hydroxyl groups is 2. The molecule has 0 aliphatic heterocycles. The maximum atomic E-state index is 14.7. The number of nitrogens with zero attached hydrogens (tertiary/aromatic N) is 1. The Bertz CT molecular complexity index is 1530. The lowest BCUT2D eigenvalue weighted by molar-refractivity contribution is -0.175. The van der Waals surface area contributed by atoms with E-state index < -0.39 is 16.4 Å². The number of ketones is 1. The molecule has 270 valence electrons. The van der Waals surface area contributed by atoms with E-state index in [0.717, 1.165) is 66.7 Å². The second-order valence-corrected chi connectivity index (χ2v) is 19.5. The van der Waals surface area contributed by atoms with Crippen LogP contribution in [0, 0.1) is 58.2 Å². The number of thiophene rings is 1. The van der Waals surface area contributed by atoms with E-state index in [1.54, 1.807) is 11.3 Å². The Labute approximate surface area is 298 Å². The Morgan fingerprint density at radius 2 is 1.73 bits per heavy atom. The fraction of sp³-hybridized carbons (Fsp3) is 0.762. The van der Waals surface area contributed by atoms with E-state index in [-0.39, 0.29) is 53.3 Å². The molecule has 4 saturated carbocycles. The molecule has 0 saturated heterocycles. The maximum absolute atomic E-state index is 14.7. The third-order valence-electron chi connectivity index (χ3n) is 15.3. The van der Waals surface area contributed by atoms with Crippen LogP contribution in [0.3, 0.4) is 0 Å². The first-order valence-corrected chi connectivity index (χ1v) is 20.4. The van der Waals surface area contributed by atoms with Crippen LogP contribution >= 0.6 is 11.3 Å². The largest absolute Gasteiger partial charge is 0.446 e. The van der Waals surface area contributed by atoms with Gasteiger partial charge in [0.1, 0.15) is 6.10 Å². The topological polar surface area (TPSA) is 87.1 Å². The highest BCUT2D eigenvalue weighted by molar-refractivity contribution is 7.14. The highest BCUT2D eigenvalue weighted by atomic mass is 32.1. The molecule has 7 aliphatic carbocycles. The van der Waals surface area contributed by atoms with Gasteiger partial charge in [0, 0.05) is 33.2 Å². The summed E-state index contributed by atoms with van der Waals surface area (Å²) in [6.07, 6.45) is 15.8. The average molecular weight is 692 g/mol. The molecule has 1 unspecified atom stereocenters. The van der Waals surface area contributed by atoms with Crippen molar-refractivity contribution in [2.75, 3.05) is 13.1 Å². The van der Waals surface area contributed by atoms with Crippen LogP contribution in [0.25, 0.3) is 0 Å². The van der Waals surface area contributed by atoms with Gasteiger partial charge in [-0.3, -0.25) is 4.79 Å². The molecule has 49 heavy (non-hydrogen) atoms. The van der Waals surface area contributed by atoms with Crippen LogP contribution in [-0.4, -0.2) is 57.9 Å². The van der Waals surface area contributed by atoms with Gasteiger partial charge in [0.25, 0.3) is 0 Å². The number of hydrogen-bond donors (Lipinski definition) is 2. The Hall–Kier alpha value is -1.96. The lowest BCUT2D eigenvalue weighted by atomic mass is 9.32. The van der Waals surface area contributed by atoms with Crippen molar-refractivity contribution in [3.05, 3.63) is 45.7 Å². The number of allylic oxidation sites excluding steroid dienone is 4. The van der Waals surface area contributed by atoms with Gasteiger partial charge < -0.3 is 19.8 Å². The summed E-state index contributed by atoms with van der Waals surface area (Å²) in [5.41, 5.74) is -1.61. The third-order valence-corrected chi connectivity index (χ3v) is 16.3. The number of Topliss-reactive ketones (excluding diaryl/α,β-unsaturated/α-hetero) is 1. The molecule has 4 fully saturated rings. The van der Waals surface area contributed by atoms with Crippen molar-refractivity contribution in [3.8, 4) is 0 Å². The van der Waals surface area contributed by atoms with E-state index in [9.17, 15) is 19.8 Å². The van der Waals surface area contributed by atoms with Crippen molar-refractivity contribution >= 4 is 23.2 Å². The van der Waals surface area contributed by atoms with E-state index in [1.807, 2.05) is 17.0 Å². The van der Waals surface area contributed by atoms with Crippen molar-refractivity contribution in [1.29, 1.82) is 0 Å². The number of carbonyl (C=O) groups is 2. The average Bonchev–Trinajstić information content (AvgIpc) is 3.60. The molecular weight excluding hydrogens is 631 g/mol. The van der Waals surface area contributed by atoms with Gasteiger partial charge in [0.2, 0.25) is 0 Å². The van der Waals surface area contributed by atoms with Crippen LogP contribution in [0.15, 0.2) is 35.9 Å². The van der Waals surface area contributed by atoms with Gasteiger partial charge in [-0.15, -0.1) is 11.3 Å².